The number of carbonyl (C=O) groups is 2. The number of pyridine rings is 1. The lowest BCUT2D eigenvalue weighted by molar-refractivity contribution is -0.129. The first kappa shape index (κ1) is 25.7. The van der Waals surface area contributed by atoms with Gasteiger partial charge in [-0.25, -0.2) is 4.39 Å². The number of aryl methyl sites for hydroxylation is 1. The first-order valence-corrected chi connectivity index (χ1v) is 13.5. The Kier molecular flexibility index (Phi) is 7.23. The average molecular weight is 586 g/mol. The largest absolute Gasteiger partial charge is 0.349 e. The Balaban J connectivity index is 1.53. The predicted molar refractivity (Wildman–Crippen MR) is 146 cm³/mol. The highest BCUT2D eigenvalue weighted by Gasteiger charge is 2.31. The number of nitrogens with zero attached hydrogens (tertiary/aromatic N) is 3. The minimum atomic E-state index is -0.533. The number of halogens is 3. The second-order valence-electron chi connectivity index (χ2n) is 9.66. The fourth-order valence-corrected chi connectivity index (χ4v) is 5.94. The van der Waals surface area contributed by atoms with Crippen LogP contribution >= 0.6 is 27.5 Å². The fraction of sp³-hybridized carbons (Fsp3) is 0.321. The summed E-state index contributed by atoms with van der Waals surface area (Å²) in [6.45, 7) is 2.35. The van der Waals surface area contributed by atoms with Crippen LogP contribution in [0.4, 0.5) is 10.1 Å². The predicted octanol–water partition coefficient (Wildman–Crippen LogP) is 6.76. The molecule has 2 atom stereocenters. The zero-order chi connectivity index (χ0) is 26.3. The monoisotopic (exact) mass is 584 g/mol. The van der Waals surface area contributed by atoms with Crippen molar-refractivity contribution in [2.45, 2.75) is 38.6 Å². The van der Waals surface area contributed by atoms with E-state index in [4.69, 9.17) is 11.6 Å². The first-order chi connectivity index (χ1) is 17.7. The van der Waals surface area contributed by atoms with Crippen molar-refractivity contribution >= 4 is 50.6 Å². The molecule has 2 bridgehead atoms. The van der Waals surface area contributed by atoms with Gasteiger partial charge in [-0.15, -0.1) is 0 Å². The highest BCUT2D eigenvalue weighted by Crippen LogP contribution is 2.38. The third-order valence-corrected chi connectivity index (χ3v) is 8.19. The van der Waals surface area contributed by atoms with Crippen molar-refractivity contribution < 1.29 is 14.0 Å². The van der Waals surface area contributed by atoms with Gasteiger partial charge >= 0.3 is 0 Å². The average Bonchev–Trinajstić information content (AvgIpc) is 3.24. The molecule has 192 valence electrons. The van der Waals surface area contributed by atoms with Crippen LogP contribution in [-0.4, -0.2) is 32.8 Å². The lowest BCUT2D eigenvalue weighted by Gasteiger charge is -2.34. The van der Waals surface area contributed by atoms with Gasteiger partial charge in [0.15, 0.2) is 0 Å². The molecule has 3 aromatic rings. The maximum Gasteiger partial charge on any atom is 0.247 e. The van der Waals surface area contributed by atoms with Crippen molar-refractivity contribution in [2.75, 3.05) is 11.9 Å². The first-order valence-electron chi connectivity index (χ1n) is 12.3. The number of anilines is 1. The maximum absolute atomic E-state index is 14.8. The number of hydrogen-bond donors (Lipinski definition) is 1. The van der Waals surface area contributed by atoms with Gasteiger partial charge in [0.05, 0.1) is 28.1 Å². The van der Waals surface area contributed by atoms with E-state index in [1.165, 1.54) is 12.1 Å². The van der Waals surface area contributed by atoms with Gasteiger partial charge < -0.3 is 14.8 Å². The van der Waals surface area contributed by atoms with Crippen LogP contribution in [0.15, 0.2) is 53.3 Å². The second kappa shape index (κ2) is 10.4. The number of nitrogens with one attached hydrogen (secondary N) is 1. The summed E-state index contributed by atoms with van der Waals surface area (Å²) in [6, 6.07) is 8.73. The normalized spacial score (nSPS) is 20.5. The van der Waals surface area contributed by atoms with Gasteiger partial charge in [0.25, 0.3) is 0 Å². The summed E-state index contributed by atoms with van der Waals surface area (Å²) in [5.41, 5.74) is 4.29. The van der Waals surface area contributed by atoms with Crippen molar-refractivity contribution in [3.05, 3.63) is 75.4 Å². The molecule has 0 saturated heterocycles. The zero-order valence-electron chi connectivity index (χ0n) is 20.6. The molecule has 5 rings (SSSR count). The second-order valence-corrected chi connectivity index (χ2v) is 10.9. The van der Waals surface area contributed by atoms with Crippen LogP contribution in [0.2, 0.25) is 5.02 Å². The molecule has 0 fully saturated rings. The Hall–Kier alpha value is -2.97. The molecule has 6 nitrogen and oxygen atoms in total. The Morgan fingerprint density at radius 1 is 1.19 bits per heavy atom. The Morgan fingerprint density at radius 3 is 2.78 bits per heavy atom. The molecule has 37 heavy (non-hydrogen) atoms. The van der Waals surface area contributed by atoms with E-state index in [9.17, 15) is 14.0 Å². The van der Waals surface area contributed by atoms with Gasteiger partial charge in [-0.3, -0.25) is 14.6 Å². The molecule has 2 aliphatic heterocycles. The van der Waals surface area contributed by atoms with Gasteiger partial charge in [0, 0.05) is 53.6 Å². The van der Waals surface area contributed by atoms with Gasteiger partial charge in [0.2, 0.25) is 11.8 Å². The molecule has 9 heteroatoms. The summed E-state index contributed by atoms with van der Waals surface area (Å²) in [5.74, 6) is -0.919. The number of rotatable bonds is 2. The zero-order valence-corrected chi connectivity index (χ0v) is 22.9. The molecule has 0 unspecified atom stereocenters. The highest BCUT2D eigenvalue weighted by atomic mass is 79.9. The Labute approximate surface area is 228 Å². The van der Waals surface area contributed by atoms with Crippen LogP contribution in [-0.2, 0) is 16.6 Å². The molecule has 4 heterocycles. The van der Waals surface area contributed by atoms with Crippen LogP contribution in [0.3, 0.4) is 0 Å². The standard InChI is InChI=1S/C28H27BrClFN4O2/c1-16-4-3-5-23(22-14-18(8-11-32-22)27-21(33-28(16)37)10-12-34(27)2)35-13-9-17(15-24(35)36)25-19(29)6-7-20(30)26(25)31/h6-8,10-12,14-16,23H,3-5,9,13H2,1-2H3,(H,33,37)/t16-,23+/m1/s1. The van der Waals surface area contributed by atoms with Crippen molar-refractivity contribution in [3.63, 3.8) is 0 Å². The molecular formula is C28H27BrClFN4O2. The molecule has 0 radical (unpaired) electrons. The lowest BCUT2D eigenvalue weighted by atomic mass is 9.93. The van der Waals surface area contributed by atoms with E-state index in [0.717, 1.165) is 29.1 Å². The van der Waals surface area contributed by atoms with Crippen LogP contribution in [0.1, 0.15) is 49.9 Å². The maximum atomic E-state index is 14.8. The van der Waals surface area contributed by atoms with Crippen LogP contribution < -0.4 is 5.32 Å². The molecule has 0 aliphatic carbocycles. The number of amides is 2. The van der Waals surface area contributed by atoms with Crippen LogP contribution in [0, 0.1) is 11.7 Å². The number of aromatic nitrogens is 2. The summed E-state index contributed by atoms with van der Waals surface area (Å²) >= 11 is 9.43. The summed E-state index contributed by atoms with van der Waals surface area (Å²) in [6.07, 6.45) is 7.76. The van der Waals surface area contributed by atoms with Crippen molar-refractivity contribution in [1.29, 1.82) is 0 Å². The van der Waals surface area contributed by atoms with Crippen LogP contribution in [0.5, 0.6) is 0 Å². The molecule has 0 saturated carbocycles. The van der Waals surface area contributed by atoms with E-state index in [0.29, 0.717) is 41.4 Å². The Morgan fingerprint density at radius 2 is 2.00 bits per heavy atom. The minimum Gasteiger partial charge on any atom is -0.349 e. The molecule has 2 aromatic heterocycles. The smallest absolute Gasteiger partial charge is 0.247 e. The third kappa shape index (κ3) is 4.97. The van der Waals surface area contributed by atoms with Gasteiger partial charge in [-0.2, -0.15) is 0 Å². The van der Waals surface area contributed by atoms with E-state index < -0.39 is 5.82 Å². The van der Waals surface area contributed by atoms with Crippen molar-refractivity contribution in [3.8, 4) is 11.3 Å². The number of hydrogen-bond acceptors (Lipinski definition) is 3. The summed E-state index contributed by atoms with van der Waals surface area (Å²) in [4.78, 5) is 32.8. The van der Waals surface area contributed by atoms with Crippen LogP contribution in [0.25, 0.3) is 16.8 Å². The number of benzene rings is 1. The van der Waals surface area contributed by atoms with Crippen molar-refractivity contribution in [1.82, 2.24) is 14.5 Å². The summed E-state index contributed by atoms with van der Waals surface area (Å²) in [5, 5.41) is 3.10. The SMILES string of the molecule is C[C@@H]1CCC[C@H](N2CCC(c3c(Br)ccc(Cl)c3F)=CC2=O)c2cc(ccn2)-c2c(ccn2C)NC1=O. The summed E-state index contributed by atoms with van der Waals surface area (Å²) in [7, 11) is 1.94. The quantitative estimate of drug-likeness (QED) is 0.338. The topological polar surface area (TPSA) is 67.2 Å². The Bertz CT molecular complexity index is 1420. The fourth-order valence-electron chi connectivity index (χ4n) is 5.22. The molecule has 0 spiro atoms. The van der Waals surface area contributed by atoms with E-state index in [2.05, 4.69) is 26.2 Å². The lowest BCUT2D eigenvalue weighted by Crippen LogP contribution is -2.38. The van der Waals surface area contributed by atoms with Crippen molar-refractivity contribution in [2.24, 2.45) is 13.0 Å². The van der Waals surface area contributed by atoms with Gasteiger partial charge in [-0.1, -0.05) is 40.9 Å². The number of carbonyl (C=O) groups excluding carboxylic acids is 2. The van der Waals surface area contributed by atoms with E-state index in [1.807, 2.05) is 47.8 Å². The molecule has 2 amide bonds. The van der Waals surface area contributed by atoms with E-state index in [-0.39, 0.29) is 28.8 Å². The van der Waals surface area contributed by atoms with Gasteiger partial charge in [0.1, 0.15) is 5.82 Å². The van der Waals surface area contributed by atoms with Gasteiger partial charge in [-0.05, 0) is 55.2 Å². The van der Waals surface area contributed by atoms with E-state index >= 15 is 0 Å². The molecular weight excluding hydrogens is 559 g/mol. The number of fused-ring (bicyclic) bond motifs is 4. The molecule has 1 N–H and O–H groups in total. The highest BCUT2D eigenvalue weighted by molar-refractivity contribution is 9.10. The molecule has 2 aliphatic rings. The summed E-state index contributed by atoms with van der Waals surface area (Å²) < 4.78 is 17.4. The molecule has 1 aromatic carbocycles. The minimum absolute atomic E-state index is 0.0189. The third-order valence-electron chi connectivity index (χ3n) is 7.23. The van der Waals surface area contributed by atoms with E-state index in [1.54, 1.807) is 12.3 Å².